The predicted octanol–water partition coefficient (Wildman–Crippen LogP) is 1.54. The van der Waals surface area contributed by atoms with Crippen LogP contribution in [-0.4, -0.2) is 16.2 Å². The molecule has 4 heteroatoms. The lowest BCUT2D eigenvalue weighted by Gasteiger charge is -1.97. The van der Waals surface area contributed by atoms with Gasteiger partial charge in [-0.05, 0) is 12.1 Å². The van der Waals surface area contributed by atoms with Crippen LogP contribution in [0, 0.1) is 6.07 Å². The lowest BCUT2D eigenvalue weighted by Crippen LogP contribution is -1.95. The van der Waals surface area contributed by atoms with Crippen LogP contribution >= 0.6 is 11.6 Å². The second kappa shape index (κ2) is 2.80. The highest BCUT2D eigenvalue weighted by molar-refractivity contribution is 6.31. The summed E-state index contributed by atoms with van der Waals surface area (Å²) >= 11 is 5.46. The standard InChI is InChI=1S/C7H4ClO3/c8-4-1-2-6(9)5(3-4)7(10)11/h1,3,9H,(H,10,11). The summed E-state index contributed by atoms with van der Waals surface area (Å²) in [5.74, 6) is -1.62. The van der Waals surface area contributed by atoms with Crippen molar-refractivity contribution in [1.82, 2.24) is 0 Å². The lowest BCUT2D eigenvalue weighted by molar-refractivity contribution is 0.0693. The molecule has 0 unspecified atom stereocenters. The number of hydrogen-bond acceptors (Lipinski definition) is 2. The number of carboxylic acid groups (broad SMARTS) is 1. The molecule has 0 fully saturated rings. The summed E-state index contributed by atoms with van der Waals surface area (Å²) in [5.41, 5.74) is -0.238. The number of hydrogen-bond donors (Lipinski definition) is 2. The molecule has 0 aliphatic carbocycles. The summed E-state index contributed by atoms with van der Waals surface area (Å²) in [6.45, 7) is 0. The van der Waals surface area contributed by atoms with E-state index in [0.717, 1.165) is 6.07 Å². The average molecular weight is 172 g/mol. The number of benzene rings is 1. The number of rotatable bonds is 1. The van der Waals surface area contributed by atoms with Gasteiger partial charge in [0.15, 0.2) is 0 Å². The van der Waals surface area contributed by atoms with Gasteiger partial charge in [-0.1, -0.05) is 11.6 Å². The molecule has 0 saturated heterocycles. The van der Waals surface area contributed by atoms with Crippen LogP contribution in [0.5, 0.6) is 5.75 Å². The van der Waals surface area contributed by atoms with E-state index in [4.69, 9.17) is 21.8 Å². The Morgan fingerprint density at radius 1 is 1.64 bits per heavy atom. The minimum Gasteiger partial charge on any atom is -0.506 e. The zero-order valence-corrected chi connectivity index (χ0v) is 6.09. The van der Waals surface area contributed by atoms with Gasteiger partial charge in [0.1, 0.15) is 11.3 Å². The molecule has 1 rings (SSSR count). The average Bonchev–Trinajstić information content (AvgIpc) is 1.94. The Labute approximate surface area is 67.8 Å². The molecular formula is C7H4ClO3. The molecule has 1 radical (unpaired) electrons. The molecule has 1 aromatic rings. The fourth-order valence-electron chi connectivity index (χ4n) is 0.626. The van der Waals surface area contributed by atoms with Crippen LogP contribution in [0.3, 0.4) is 0 Å². The molecule has 0 spiro atoms. The summed E-state index contributed by atoms with van der Waals surface area (Å²) in [6, 6.07) is 4.75. The molecule has 0 amide bonds. The van der Waals surface area contributed by atoms with Crippen molar-refractivity contribution >= 4 is 17.6 Å². The third-order valence-corrected chi connectivity index (χ3v) is 1.33. The Bertz CT molecular complexity index is 296. The van der Waals surface area contributed by atoms with Crippen LogP contribution in [0.25, 0.3) is 0 Å². The van der Waals surface area contributed by atoms with Gasteiger partial charge in [-0.15, -0.1) is 0 Å². The Kier molecular flexibility index (Phi) is 2.01. The van der Waals surface area contributed by atoms with Gasteiger partial charge in [0.05, 0.1) is 0 Å². The highest BCUT2D eigenvalue weighted by Crippen LogP contribution is 2.20. The second-order valence-corrected chi connectivity index (χ2v) is 2.32. The van der Waals surface area contributed by atoms with Gasteiger partial charge in [-0.2, -0.15) is 0 Å². The summed E-state index contributed by atoms with van der Waals surface area (Å²) in [7, 11) is 0. The number of aromatic carboxylic acids is 1. The second-order valence-electron chi connectivity index (χ2n) is 1.89. The number of halogens is 1. The Hall–Kier alpha value is -1.22. The van der Waals surface area contributed by atoms with Crippen LogP contribution in [0.1, 0.15) is 10.4 Å². The van der Waals surface area contributed by atoms with Gasteiger partial charge in [-0.25, -0.2) is 4.79 Å². The summed E-state index contributed by atoms with van der Waals surface area (Å²) in [4.78, 5) is 10.3. The van der Waals surface area contributed by atoms with E-state index in [9.17, 15) is 4.79 Å². The molecule has 3 nitrogen and oxygen atoms in total. The monoisotopic (exact) mass is 171 g/mol. The van der Waals surface area contributed by atoms with E-state index in [1.54, 1.807) is 0 Å². The van der Waals surface area contributed by atoms with E-state index < -0.39 is 11.7 Å². The van der Waals surface area contributed by atoms with Crippen LogP contribution in [0.15, 0.2) is 12.1 Å². The highest BCUT2D eigenvalue weighted by atomic mass is 35.5. The van der Waals surface area contributed by atoms with Gasteiger partial charge < -0.3 is 10.2 Å². The van der Waals surface area contributed by atoms with Crippen LogP contribution in [0.2, 0.25) is 5.02 Å². The van der Waals surface area contributed by atoms with Gasteiger partial charge in [0, 0.05) is 11.1 Å². The predicted molar refractivity (Wildman–Crippen MR) is 38.9 cm³/mol. The van der Waals surface area contributed by atoms with E-state index in [1.807, 2.05) is 0 Å². The van der Waals surface area contributed by atoms with Crippen LogP contribution in [-0.2, 0) is 0 Å². The van der Waals surface area contributed by atoms with Crippen molar-refractivity contribution in [3.63, 3.8) is 0 Å². The molecule has 2 N–H and O–H groups in total. The van der Waals surface area contributed by atoms with Gasteiger partial charge in [0.25, 0.3) is 0 Å². The molecule has 0 aliphatic rings. The van der Waals surface area contributed by atoms with E-state index in [1.165, 1.54) is 6.07 Å². The van der Waals surface area contributed by atoms with Gasteiger partial charge >= 0.3 is 5.97 Å². The molecule has 0 atom stereocenters. The Morgan fingerprint density at radius 2 is 2.27 bits per heavy atom. The molecule has 0 bridgehead atoms. The van der Waals surface area contributed by atoms with E-state index in [2.05, 4.69) is 6.07 Å². The van der Waals surface area contributed by atoms with E-state index >= 15 is 0 Å². The zero-order valence-electron chi connectivity index (χ0n) is 5.34. The number of carboxylic acids is 1. The first kappa shape index (κ1) is 7.88. The van der Waals surface area contributed by atoms with Crippen molar-refractivity contribution in [3.05, 3.63) is 28.8 Å². The fourth-order valence-corrected chi connectivity index (χ4v) is 0.790. The van der Waals surface area contributed by atoms with Crippen molar-refractivity contribution in [2.75, 3.05) is 0 Å². The summed E-state index contributed by atoms with van der Waals surface area (Å²) < 4.78 is 0. The summed E-state index contributed by atoms with van der Waals surface area (Å²) in [6.07, 6.45) is 0. The minimum absolute atomic E-state index is 0.236. The first-order valence-electron chi connectivity index (χ1n) is 2.75. The van der Waals surface area contributed by atoms with Gasteiger partial charge in [0.2, 0.25) is 0 Å². The SMILES string of the molecule is O=C(O)c1cc(Cl)c[c]c1O. The number of carbonyl (C=O) groups is 1. The number of phenols is 1. The quantitative estimate of drug-likeness (QED) is 0.674. The van der Waals surface area contributed by atoms with Crippen molar-refractivity contribution < 1.29 is 15.0 Å². The van der Waals surface area contributed by atoms with Crippen LogP contribution in [0.4, 0.5) is 0 Å². The molecule has 57 valence electrons. The maximum atomic E-state index is 10.3. The third-order valence-electron chi connectivity index (χ3n) is 1.11. The number of aromatic hydroxyl groups is 1. The van der Waals surface area contributed by atoms with Crippen molar-refractivity contribution in [3.8, 4) is 5.75 Å². The normalized spacial score (nSPS) is 9.55. The molecule has 0 saturated carbocycles. The van der Waals surface area contributed by atoms with Crippen molar-refractivity contribution in [2.24, 2.45) is 0 Å². The molecular weight excluding hydrogens is 168 g/mol. The minimum atomic E-state index is -1.22. The maximum Gasteiger partial charge on any atom is 0.339 e. The third kappa shape index (κ3) is 1.62. The largest absolute Gasteiger partial charge is 0.506 e. The smallest absolute Gasteiger partial charge is 0.339 e. The fraction of sp³-hybridized carbons (Fsp3) is 0. The maximum absolute atomic E-state index is 10.3. The van der Waals surface area contributed by atoms with E-state index in [-0.39, 0.29) is 10.6 Å². The summed E-state index contributed by atoms with van der Waals surface area (Å²) in [5, 5.41) is 17.6. The Morgan fingerprint density at radius 3 is 2.73 bits per heavy atom. The molecule has 11 heavy (non-hydrogen) atoms. The first-order chi connectivity index (χ1) is 5.11. The zero-order chi connectivity index (χ0) is 8.43. The van der Waals surface area contributed by atoms with E-state index in [0.29, 0.717) is 0 Å². The molecule has 1 aromatic carbocycles. The highest BCUT2D eigenvalue weighted by Gasteiger charge is 2.08. The Balaban J connectivity index is 3.23. The molecule has 0 aromatic heterocycles. The molecule has 0 heterocycles. The van der Waals surface area contributed by atoms with Gasteiger partial charge in [-0.3, -0.25) is 0 Å². The lowest BCUT2D eigenvalue weighted by atomic mass is 10.2. The molecule has 0 aliphatic heterocycles. The van der Waals surface area contributed by atoms with Crippen LogP contribution < -0.4 is 0 Å². The topological polar surface area (TPSA) is 57.5 Å². The van der Waals surface area contributed by atoms with Crippen molar-refractivity contribution in [2.45, 2.75) is 0 Å². The van der Waals surface area contributed by atoms with Crippen molar-refractivity contribution in [1.29, 1.82) is 0 Å². The first-order valence-corrected chi connectivity index (χ1v) is 3.12.